The molecule has 0 atom stereocenters. The number of nitrogens with one attached hydrogen (secondary N) is 1. The van der Waals surface area contributed by atoms with Gasteiger partial charge in [0.15, 0.2) is 0 Å². The number of rotatable bonds is 3. The van der Waals surface area contributed by atoms with Crippen LogP contribution in [0.25, 0.3) is 0 Å². The smallest absolute Gasteiger partial charge is 0.255 e. The lowest BCUT2D eigenvalue weighted by Gasteiger charge is -2.34. The van der Waals surface area contributed by atoms with E-state index in [1.807, 2.05) is 30.3 Å². The average molecular weight is 366 g/mol. The third-order valence-corrected chi connectivity index (χ3v) is 5.34. The largest absolute Gasteiger partial charge is 0.369 e. The maximum atomic E-state index is 12.6. The lowest BCUT2D eigenvalue weighted by Crippen LogP contribution is -2.44. The highest BCUT2D eigenvalue weighted by Crippen LogP contribution is 2.25. The summed E-state index contributed by atoms with van der Waals surface area (Å²) in [4.78, 5) is 17.4. The molecular weight excluding hydrogens is 334 g/mol. The topological polar surface area (TPSA) is 35.6 Å². The van der Waals surface area contributed by atoms with Crippen LogP contribution in [0.4, 0.5) is 11.4 Å². The Morgan fingerprint density at radius 3 is 2.15 bits per heavy atom. The highest BCUT2D eigenvalue weighted by atomic mass is 16.1. The maximum Gasteiger partial charge on any atom is 0.255 e. The first-order valence-electron chi connectivity index (χ1n) is 9.70. The third-order valence-electron chi connectivity index (χ3n) is 5.34. The van der Waals surface area contributed by atoms with Crippen molar-refractivity contribution < 1.29 is 4.79 Å². The van der Waals surface area contributed by atoms with Crippen molar-refractivity contribution in [1.29, 1.82) is 0 Å². The van der Waals surface area contributed by atoms with Crippen LogP contribution in [0, 0.1) is 6.92 Å². The van der Waals surface area contributed by atoms with Gasteiger partial charge >= 0.3 is 0 Å². The van der Waals surface area contributed by atoms with Crippen LogP contribution in [0.2, 0.25) is 0 Å². The van der Waals surface area contributed by atoms with Crippen LogP contribution in [0.15, 0.2) is 42.5 Å². The molecule has 1 fully saturated rings. The van der Waals surface area contributed by atoms with Crippen molar-refractivity contribution in [2.45, 2.75) is 33.1 Å². The predicted octanol–water partition coefficient (Wildman–Crippen LogP) is 4.30. The fourth-order valence-corrected chi connectivity index (χ4v) is 3.37. The van der Waals surface area contributed by atoms with Gasteiger partial charge in [0.05, 0.1) is 0 Å². The number of piperazine rings is 1. The van der Waals surface area contributed by atoms with Gasteiger partial charge in [-0.15, -0.1) is 0 Å². The summed E-state index contributed by atoms with van der Waals surface area (Å²) in [5.74, 6) is -0.0640. The zero-order valence-electron chi connectivity index (χ0n) is 17.2. The molecule has 4 heteroatoms. The van der Waals surface area contributed by atoms with Gasteiger partial charge in [0, 0.05) is 43.1 Å². The second-order valence-corrected chi connectivity index (χ2v) is 8.57. The quantitative estimate of drug-likeness (QED) is 0.881. The number of hydrogen-bond acceptors (Lipinski definition) is 3. The fraction of sp³-hybridized carbons (Fsp3) is 0.435. The molecule has 0 bridgehead atoms. The van der Waals surface area contributed by atoms with Gasteiger partial charge in [0.25, 0.3) is 5.91 Å². The molecule has 0 radical (unpaired) electrons. The van der Waals surface area contributed by atoms with Crippen molar-refractivity contribution in [2.24, 2.45) is 0 Å². The van der Waals surface area contributed by atoms with Crippen molar-refractivity contribution in [3.05, 3.63) is 59.2 Å². The Bertz CT molecular complexity index is 797. The molecule has 0 saturated carbocycles. The molecule has 1 saturated heterocycles. The van der Waals surface area contributed by atoms with Crippen LogP contribution in [0.1, 0.15) is 42.3 Å². The Kier molecular flexibility index (Phi) is 5.56. The Balaban J connectivity index is 1.69. The number of amides is 1. The van der Waals surface area contributed by atoms with Gasteiger partial charge in [0.2, 0.25) is 0 Å². The van der Waals surface area contributed by atoms with Gasteiger partial charge in [-0.25, -0.2) is 0 Å². The summed E-state index contributed by atoms with van der Waals surface area (Å²) in [5, 5.41) is 3.06. The van der Waals surface area contributed by atoms with E-state index in [-0.39, 0.29) is 11.3 Å². The number of carbonyl (C=O) groups excluding carboxylic acids is 1. The first-order chi connectivity index (χ1) is 12.7. The molecule has 3 rings (SSSR count). The lowest BCUT2D eigenvalue weighted by molar-refractivity contribution is 0.102. The summed E-state index contributed by atoms with van der Waals surface area (Å²) >= 11 is 0. The molecule has 2 aromatic carbocycles. The van der Waals surface area contributed by atoms with Gasteiger partial charge in [-0.1, -0.05) is 32.9 Å². The summed E-state index contributed by atoms with van der Waals surface area (Å²) in [5.41, 5.74) is 5.19. The first-order valence-corrected chi connectivity index (χ1v) is 9.70. The van der Waals surface area contributed by atoms with E-state index in [1.165, 1.54) is 11.3 Å². The van der Waals surface area contributed by atoms with Crippen LogP contribution < -0.4 is 10.2 Å². The SMILES string of the molecule is Cc1cc(N2CCN(C)CC2)ccc1NC(=O)c1ccc(C(C)(C)C)cc1. The van der Waals surface area contributed by atoms with Gasteiger partial charge in [-0.3, -0.25) is 4.79 Å². The second kappa shape index (κ2) is 7.73. The summed E-state index contributed by atoms with van der Waals surface area (Å²) in [7, 11) is 2.16. The number of benzene rings is 2. The first kappa shape index (κ1) is 19.4. The molecule has 0 aromatic heterocycles. The van der Waals surface area contributed by atoms with E-state index >= 15 is 0 Å². The number of anilines is 2. The Hall–Kier alpha value is -2.33. The Morgan fingerprint density at radius 2 is 1.59 bits per heavy atom. The molecule has 1 aliphatic heterocycles. The van der Waals surface area contributed by atoms with Gasteiger partial charge < -0.3 is 15.1 Å². The number of carbonyl (C=O) groups is 1. The maximum absolute atomic E-state index is 12.6. The van der Waals surface area contributed by atoms with Gasteiger partial charge in [-0.2, -0.15) is 0 Å². The van der Waals surface area contributed by atoms with Crippen LogP contribution in [0.5, 0.6) is 0 Å². The van der Waals surface area contributed by atoms with Crippen molar-refractivity contribution >= 4 is 17.3 Å². The van der Waals surface area contributed by atoms with Crippen LogP contribution in [-0.2, 0) is 5.41 Å². The highest BCUT2D eigenvalue weighted by Gasteiger charge is 2.17. The molecule has 1 amide bonds. The molecule has 4 nitrogen and oxygen atoms in total. The Morgan fingerprint density at radius 1 is 0.963 bits per heavy atom. The van der Waals surface area contributed by atoms with E-state index in [0.717, 1.165) is 37.4 Å². The number of aryl methyl sites for hydroxylation is 1. The van der Waals surface area contributed by atoms with E-state index in [9.17, 15) is 4.79 Å². The van der Waals surface area contributed by atoms with E-state index in [0.29, 0.717) is 5.56 Å². The fourth-order valence-electron chi connectivity index (χ4n) is 3.37. The van der Waals surface area contributed by atoms with E-state index in [2.05, 4.69) is 62.0 Å². The molecule has 144 valence electrons. The van der Waals surface area contributed by atoms with Gasteiger partial charge in [0.1, 0.15) is 0 Å². The molecular formula is C23H31N3O. The summed E-state index contributed by atoms with van der Waals surface area (Å²) in [6.45, 7) is 12.8. The monoisotopic (exact) mass is 365 g/mol. The zero-order chi connectivity index (χ0) is 19.6. The van der Waals surface area contributed by atoms with Crippen molar-refractivity contribution in [1.82, 2.24) is 4.90 Å². The van der Waals surface area contributed by atoms with E-state index in [1.54, 1.807) is 0 Å². The van der Waals surface area contributed by atoms with Crippen molar-refractivity contribution in [2.75, 3.05) is 43.4 Å². The summed E-state index contributed by atoms with van der Waals surface area (Å²) < 4.78 is 0. The lowest BCUT2D eigenvalue weighted by atomic mass is 9.87. The number of nitrogens with zero attached hydrogens (tertiary/aromatic N) is 2. The molecule has 0 spiro atoms. The average Bonchev–Trinajstić information content (AvgIpc) is 2.63. The normalized spacial score (nSPS) is 15.7. The molecule has 2 aromatic rings. The van der Waals surface area contributed by atoms with Gasteiger partial charge in [-0.05, 0) is 60.8 Å². The van der Waals surface area contributed by atoms with Crippen LogP contribution in [-0.4, -0.2) is 44.0 Å². The van der Waals surface area contributed by atoms with E-state index < -0.39 is 0 Å². The molecule has 1 N–H and O–H groups in total. The van der Waals surface area contributed by atoms with E-state index in [4.69, 9.17) is 0 Å². The van der Waals surface area contributed by atoms with Crippen molar-refractivity contribution in [3.8, 4) is 0 Å². The second-order valence-electron chi connectivity index (χ2n) is 8.57. The molecule has 1 aliphatic rings. The molecule has 0 aliphatic carbocycles. The number of hydrogen-bond donors (Lipinski definition) is 1. The number of likely N-dealkylation sites (N-methyl/N-ethyl adjacent to an activating group) is 1. The molecule has 27 heavy (non-hydrogen) atoms. The standard InChI is InChI=1S/C23H31N3O/c1-17-16-20(26-14-12-25(5)13-15-26)10-11-21(17)24-22(27)18-6-8-19(9-7-18)23(2,3)4/h6-11,16H,12-15H2,1-5H3,(H,24,27). The zero-order valence-corrected chi connectivity index (χ0v) is 17.2. The minimum absolute atomic E-state index is 0.0640. The predicted molar refractivity (Wildman–Crippen MR) is 114 cm³/mol. The highest BCUT2D eigenvalue weighted by molar-refractivity contribution is 6.04. The summed E-state index contributed by atoms with van der Waals surface area (Å²) in [6, 6.07) is 14.2. The van der Waals surface area contributed by atoms with Crippen molar-refractivity contribution in [3.63, 3.8) is 0 Å². The minimum atomic E-state index is -0.0640. The van der Waals surface area contributed by atoms with Crippen LogP contribution in [0.3, 0.4) is 0 Å². The molecule has 1 heterocycles. The summed E-state index contributed by atoms with van der Waals surface area (Å²) in [6.07, 6.45) is 0. The molecule has 0 unspecified atom stereocenters. The minimum Gasteiger partial charge on any atom is -0.369 e. The third kappa shape index (κ3) is 4.69. The van der Waals surface area contributed by atoms with Crippen LogP contribution >= 0.6 is 0 Å². The Labute approximate surface area is 163 Å².